The third kappa shape index (κ3) is 2.01. The van der Waals surface area contributed by atoms with E-state index in [2.05, 4.69) is 0 Å². The smallest absolute Gasteiger partial charge is 0.123 e. The highest BCUT2D eigenvalue weighted by Crippen LogP contribution is 2.27. The highest BCUT2D eigenvalue weighted by molar-refractivity contribution is 5.85. The Morgan fingerprint density at radius 2 is 2.15 bits per heavy atom. The molecule has 72 valence electrons. The van der Waals surface area contributed by atoms with Crippen LogP contribution in [-0.4, -0.2) is 0 Å². The summed E-state index contributed by atoms with van der Waals surface area (Å²) in [6.45, 7) is 0. The molecule has 1 aliphatic carbocycles. The minimum absolute atomic E-state index is 0. The van der Waals surface area contributed by atoms with Gasteiger partial charge < -0.3 is 5.73 Å². The third-order valence-electron chi connectivity index (χ3n) is 2.47. The normalized spacial score (nSPS) is 20.3. The minimum atomic E-state index is -0.150. The zero-order valence-electron chi connectivity index (χ0n) is 7.29. The molecule has 2 rings (SSSR count). The van der Waals surface area contributed by atoms with Gasteiger partial charge in [0, 0.05) is 6.04 Å². The lowest BCUT2D eigenvalue weighted by atomic mass is 9.88. The van der Waals surface area contributed by atoms with Crippen molar-refractivity contribution in [1.29, 1.82) is 0 Å². The maximum Gasteiger partial charge on any atom is 0.123 e. The molecule has 1 aromatic carbocycles. The van der Waals surface area contributed by atoms with Gasteiger partial charge in [-0.1, -0.05) is 6.07 Å². The molecule has 0 spiro atoms. The fourth-order valence-corrected chi connectivity index (χ4v) is 1.82. The van der Waals surface area contributed by atoms with E-state index < -0.39 is 0 Å². The molecule has 2 N–H and O–H groups in total. The van der Waals surface area contributed by atoms with Gasteiger partial charge in [0.05, 0.1) is 0 Å². The predicted octanol–water partition coefficient (Wildman–Crippen LogP) is 2.58. The van der Waals surface area contributed by atoms with Crippen molar-refractivity contribution < 1.29 is 4.39 Å². The Hall–Kier alpha value is -0.600. The fourth-order valence-electron chi connectivity index (χ4n) is 1.82. The van der Waals surface area contributed by atoms with Crippen LogP contribution in [0.3, 0.4) is 0 Å². The summed E-state index contributed by atoms with van der Waals surface area (Å²) in [5.41, 5.74) is 8.09. The number of fused-ring (bicyclic) bond motifs is 1. The lowest BCUT2D eigenvalue weighted by Crippen LogP contribution is -2.17. The van der Waals surface area contributed by atoms with Crippen molar-refractivity contribution >= 4 is 12.4 Å². The molecule has 0 heterocycles. The summed E-state index contributed by atoms with van der Waals surface area (Å²) in [5, 5.41) is 0. The van der Waals surface area contributed by atoms with E-state index in [-0.39, 0.29) is 24.3 Å². The molecule has 1 aromatic rings. The number of benzene rings is 1. The van der Waals surface area contributed by atoms with Gasteiger partial charge >= 0.3 is 0 Å². The van der Waals surface area contributed by atoms with Crippen molar-refractivity contribution in [3.8, 4) is 0 Å². The van der Waals surface area contributed by atoms with Crippen molar-refractivity contribution in [2.45, 2.75) is 25.3 Å². The zero-order chi connectivity index (χ0) is 8.55. The number of halogens is 2. The summed E-state index contributed by atoms with van der Waals surface area (Å²) < 4.78 is 12.8. The first-order valence-electron chi connectivity index (χ1n) is 4.31. The molecule has 1 aliphatic rings. The maximum absolute atomic E-state index is 12.8. The second-order valence-corrected chi connectivity index (χ2v) is 3.34. The van der Waals surface area contributed by atoms with Gasteiger partial charge in [-0.25, -0.2) is 4.39 Å². The number of nitrogens with two attached hydrogens (primary N) is 1. The standard InChI is InChI=1S/C10H12FN.ClH/c11-8-4-5-9-7(6-8)2-1-3-10(9)12;/h4-6,10H,1-3,12H2;1H. The number of rotatable bonds is 0. The van der Waals surface area contributed by atoms with Gasteiger partial charge in [-0.15, -0.1) is 12.4 Å². The highest BCUT2D eigenvalue weighted by Gasteiger charge is 2.16. The maximum atomic E-state index is 12.8. The van der Waals surface area contributed by atoms with Crippen molar-refractivity contribution in [3.05, 3.63) is 35.1 Å². The summed E-state index contributed by atoms with van der Waals surface area (Å²) in [5.74, 6) is -0.150. The van der Waals surface area contributed by atoms with Crippen molar-refractivity contribution in [2.24, 2.45) is 5.73 Å². The summed E-state index contributed by atoms with van der Waals surface area (Å²) in [7, 11) is 0. The van der Waals surface area contributed by atoms with Crippen LogP contribution in [0, 0.1) is 5.82 Å². The predicted molar refractivity (Wildman–Crippen MR) is 53.5 cm³/mol. The van der Waals surface area contributed by atoms with Crippen LogP contribution in [-0.2, 0) is 6.42 Å². The van der Waals surface area contributed by atoms with Crippen LogP contribution in [0.5, 0.6) is 0 Å². The van der Waals surface area contributed by atoms with Crippen LogP contribution in [0.1, 0.15) is 30.0 Å². The Balaban J connectivity index is 0.000000845. The molecule has 0 aliphatic heterocycles. The number of hydrogen-bond acceptors (Lipinski definition) is 1. The molecule has 1 atom stereocenters. The summed E-state index contributed by atoms with van der Waals surface area (Å²) in [4.78, 5) is 0. The molecule has 0 saturated heterocycles. The van der Waals surface area contributed by atoms with E-state index in [1.807, 2.05) is 6.07 Å². The molecular weight excluding hydrogens is 189 g/mol. The van der Waals surface area contributed by atoms with Gasteiger partial charge in [0.25, 0.3) is 0 Å². The largest absolute Gasteiger partial charge is 0.324 e. The van der Waals surface area contributed by atoms with Gasteiger partial charge in [-0.3, -0.25) is 0 Å². The van der Waals surface area contributed by atoms with E-state index in [4.69, 9.17) is 5.73 Å². The van der Waals surface area contributed by atoms with Gasteiger partial charge in [0.1, 0.15) is 5.82 Å². The molecule has 0 fully saturated rings. The average molecular weight is 202 g/mol. The summed E-state index contributed by atoms with van der Waals surface area (Å²) >= 11 is 0. The Bertz CT molecular complexity index is 301. The monoisotopic (exact) mass is 201 g/mol. The lowest BCUT2D eigenvalue weighted by molar-refractivity contribution is 0.560. The van der Waals surface area contributed by atoms with E-state index in [9.17, 15) is 4.39 Å². The van der Waals surface area contributed by atoms with Crippen LogP contribution < -0.4 is 5.73 Å². The van der Waals surface area contributed by atoms with Crippen molar-refractivity contribution in [3.63, 3.8) is 0 Å². The van der Waals surface area contributed by atoms with E-state index in [0.29, 0.717) is 0 Å². The Labute approximate surface area is 83.5 Å². The molecule has 0 bridgehead atoms. The van der Waals surface area contributed by atoms with Crippen LogP contribution in [0.25, 0.3) is 0 Å². The molecule has 1 nitrogen and oxygen atoms in total. The van der Waals surface area contributed by atoms with E-state index in [1.165, 1.54) is 6.07 Å². The van der Waals surface area contributed by atoms with Crippen LogP contribution in [0.15, 0.2) is 18.2 Å². The van der Waals surface area contributed by atoms with Gasteiger partial charge in [0.15, 0.2) is 0 Å². The van der Waals surface area contributed by atoms with Crippen molar-refractivity contribution in [2.75, 3.05) is 0 Å². The Morgan fingerprint density at radius 3 is 2.92 bits per heavy atom. The first-order chi connectivity index (χ1) is 5.77. The average Bonchev–Trinajstić information content (AvgIpc) is 2.04. The van der Waals surface area contributed by atoms with Gasteiger partial charge in [0.2, 0.25) is 0 Å². The topological polar surface area (TPSA) is 26.0 Å². The Kier molecular flexibility index (Phi) is 3.28. The molecular formula is C10H13ClFN. The molecule has 0 saturated carbocycles. The van der Waals surface area contributed by atoms with Crippen LogP contribution in [0.2, 0.25) is 0 Å². The van der Waals surface area contributed by atoms with E-state index in [0.717, 1.165) is 30.4 Å². The second kappa shape index (κ2) is 4.07. The summed E-state index contributed by atoms with van der Waals surface area (Å²) in [6.07, 6.45) is 3.08. The Morgan fingerprint density at radius 1 is 1.38 bits per heavy atom. The first-order valence-corrected chi connectivity index (χ1v) is 4.31. The molecule has 13 heavy (non-hydrogen) atoms. The van der Waals surface area contributed by atoms with Gasteiger partial charge in [-0.2, -0.15) is 0 Å². The lowest BCUT2D eigenvalue weighted by Gasteiger charge is -2.21. The third-order valence-corrected chi connectivity index (χ3v) is 2.47. The van der Waals surface area contributed by atoms with Gasteiger partial charge in [-0.05, 0) is 42.5 Å². The first kappa shape index (κ1) is 10.5. The van der Waals surface area contributed by atoms with Crippen LogP contribution in [0.4, 0.5) is 4.39 Å². The molecule has 0 radical (unpaired) electrons. The second-order valence-electron chi connectivity index (χ2n) is 3.34. The summed E-state index contributed by atoms with van der Waals surface area (Å²) in [6, 6.07) is 5.03. The molecule has 3 heteroatoms. The minimum Gasteiger partial charge on any atom is -0.324 e. The molecule has 0 aromatic heterocycles. The van der Waals surface area contributed by atoms with Crippen molar-refractivity contribution in [1.82, 2.24) is 0 Å². The zero-order valence-corrected chi connectivity index (χ0v) is 8.11. The van der Waals surface area contributed by atoms with E-state index in [1.54, 1.807) is 6.07 Å². The SMILES string of the molecule is Cl.NC1CCCc2cc(F)ccc21. The fraction of sp³-hybridized carbons (Fsp3) is 0.400. The highest BCUT2D eigenvalue weighted by atomic mass is 35.5. The molecule has 0 amide bonds. The van der Waals surface area contributed by atoms with Crippen LogP contribution >= 0.6 is 12.4 Å². The van der Waals surface area contributed by atoms with E-state index >= 15 is 0 Å². The number of hydrogen-bond donors (Lipinski definition) is 1. The molecule has 1 unspecified atom stereocenters. The number of aryl methyl sites for hydroxylation is 1. The quantitative estimate of drug-likeness (QED) is 0.686.